The summed E-state index contributed by atoms with van der Waals surface area (Å²) in [5.41, 5.74) is 1.44. The number of nitrogens with one attached hydrogen (secondary N) is 2. The lowest BCUT2D eigenvalue weighted by Crippen LogP contribution is -2.46. The Kier molecular flexibility index (Phi) is 6.49. The summed E-state index contributed by atoms with van der Waals surface area (Å²) in [6.07, 6.45) is 6.39. The van der Waals surface area contributed by atoms with E-state index in [1.165, 1.54) is 31.9 Å². The number of benzene rings is 1. The van der Waals surface area contributed by atoms with Crippen molar-refractivity contribution in [1.82, 2.24) is 10.6 Å². The fourth-order valence-corrected chi connectivity index (χ4v) is 4.16. The summed E-state index contributed by atoms with van der Waals surface area (Å²) in [7, 11) is -1.37. The van der Waals surface area contributed by atoms with E-state index in [2.05, 4.69) is 29.5 Å². The third-order valence-electron chi connectivity index (χ3n) is 4.92. The van der Waals surface area contributed by atoms with Gasteiger partial charge in [-0.2, -0.15) is 0 Å². The van der Waals surface area contributed by atoms with Gasteiger partial charge >= 0.3 is 0 Å². The molecule has 0 saturated heterocycles. The van der Waals surface area contributed by atoms with Crippen molar-refractivity contribution in [3.8, 4) is 0 Å². The highest BCUT2D eigenvalue weighted by atomic mass is 32.2. The summed E-state index contributed by atoms with van der Waals surface area (Å²) in [6.45, 7) is 6.14. The average molecular weight is 366 g/mol. The molecule has 0 bridgehead atoms. The standard InChI is InChI=1S/C19H31N3O2S/c1-15(2)12-19(10-5-11-19)14-22-18(20-3)21-13-16-6-8-17(9-7-16)25(4,23)24/h6-9,15H,5,10-14H2,1-4H3,(H2,20,21,22). The first-order chi connectivity index (χ1) is 11.7. The van der Waals surface area contributed by atoms with Crippen LogP contribution in [-0.4, -0.2) is 34.2 Å². The van der Waals surface area contributed by atoms with Crippen LogP contribution < -0.4 is 10.6 Å². The number of sulfone groups is 1. The van der Waals surface area contributed by atoms with Crippen molar-refractivity contribution < 1.29 is 8.42 Å². The normalized spacial score (nSPS) is 17.2. The van der Waals surface area contributed by atoms with E-state index in [4.69, 9.17) is 0 Å². The third kappa shape index (κ3) is 5.73. The smallest absolute Gasteiger partial charge is 0.191 e. The summed E-state index contributed by atoms with van der Waals surface area (Å²) in [4.78, 5) is 4.65. The first kappa shape index (κ1) is 19.8. The maximum Gasteiger partial charge on any atom is 0.191 e. The Bertz CT molecular complexity index is 690. The summed E-state index contributed by atoms with van der Waals surface area (Å²) in [5, 5.41) is 6.77. The van der Waals surface area contributed by atoms with Gasteiger partial charge in [0.2, 0.25) is 0 Å². The Morgan fingerprint density at radius 1 is 1.20 bits per heavy atom. The minimum atomic E-state index is -3.14. The number of hydrogen-bond acceptors (Lipinski definition) is 3. The second-order valence-electron chi connectivity index (χ2n) is 7.65. The Balaban J connectivity index is 1.86. The van der Waals surface area contributed by atoms with Gasteiger partial charge < -0.3 is 10.6 Å². The van der Waals surface area contributed by atoms with E-state index < -0.39 is 9.84 Å². The highest BCUT2D eigenvalue weighted by Crippen LogP contribution is 2.45. The van der Waals surface area contributed by atoms with E-state index in [-0.39, 0.29) is 0 Å². The van der Waals surface area contributed by atoms with E-state index in [0.717, 1.165) is 18.1 Å². The number of guanidine groups is 1. The van der Waals surface area contributed by atoms with Crippen molar-refractivity contribution in [3.05, 3.63) is 29.8 Å². The number of rotatable bonds is 7. The second-order valence-corrected chi connectivity index (χ2v) is 9.66. The van der Waals surface area contributed by atoms with E-state index in [1.54, 1.807) is 19.2 Å². The van der Waals surface area contributed by atoms with Crippen molar-refractivity contribution >= 4 is 15.8 Å². The predicted octanol–water partition coefficient (Wildman–Crippen LogP) is 2.97. The highest BCUT2D eigenvalue weighted by Gasteiger charge is 2.37. The number of hydrogen-bond donors (Lipinski definition) is 2. The number of nitrogens with zero attached hydrogens (tertiary/aromatic N) is 1. The molecule has 0 spiro atoms. The Morgan fingerprint density at radius 3 is 2.28 bits per heavy atom. The van der Waals surface area contributed by atoms with Gasteiger partial charge in [0.25, 0.3) is 0 Å². The highest BCUT2D eigenvalue weighted by molar-refractivity contribution is 7.90. The van der Waals surface area contributed by atoms with Crippen LogP contribution in [0.3, 0.4) is 0 Å². The molecule has 0 aromatic heterocycles. The maximum atomic E-state index is 11.5. The van der Waals surface area contributed by atoms with Crippen molar-refractivity contribution in [2.75, 3.05) is 19.8 Å². The van der Waals surface area contributed by atoms with E-state index in [1.807, 2.05) is 12.1 Å². The zero-order chi connectivity index (χ0) is 18.5. The van der Waals surface area contributed by atoms with Crippen LogP contribution in [0.15, 0.2) is 34.2 Å². The monoisotopic (exact) mass is 365 g/mol. The van der Waals surface area contributed by atoms with Crippen LogP contribution in [0, 0.1) is 11.3 Å². The number of aliphatic imine (C=N–C) groups is 1. The molecule has 140 valence electrons. The summed E-state index contributed by atoms with van der Waals surface area (Å²) in [6, 6.07) is 6.97. The third-order valence-corrected chi connectivity index (χ3v) is 6.05. The van der Waals surface area contributed by atoms with Gasteiger partial charge in [-0.05, 0) is 48.3 Å². The lowest BCUT2D eigenvalue weighted by molar-refractivity contribution is 0.104. The molecule has 6 heteroatoms. The molecule has 2 rings (SSSR count). The fraction of sp³-hybridized carbons (Fsp3) is 0.632. The molecule has 0 heterocycles. The molecular formula is C19H31N3O2S. The molecule has 1 aromatic carbocycles. The van der Waals surface area contributed by atoms with Crippen LogP contribution in [0.5, 0.6) is 0 Å². The van der Waals surface area contributed by atoms with Gasteiger partial charge in [-0.15, -0.1) is 0 Å². The zero-order valence-corrected chi connectivity index (χ0v) is 16.6. The molecule has 0 aliphatic heterocycles. The molecule has 0 unspecified atom stereocenters. The predicted molar refractivity (Wildman–Crippen MR) is 103 cm³/mol. The summed E-state index contributed by atoms with van der Waals surface area (Å²) < 4.78 is 23.0. The molecule has 2 N–H and O–H groups in total. The Hall–Kier alpha value is -1.56. The van der Waals surface area contributed by atoms with Crippen molar-refractivity contribution in [3.63, 3.8) is 0 Å². The van der Waals surface area contributed by atoms with Gasteiger partial charge in [-0.3, -0.25) is 4.99 Å². The first-order valence-corrected chi connectivity index (χ1v) is 10.9. The average Bonchev–Trinajstić information content (AvgIpc) is 2.51. The van der Waals surface area contributed by atoms with Crippen LogP contribution in [-0.2, 0) is 16.4 Å². The van der Waals surface area contributed by atoms with E-state index in [0.29, 0.717) is 22.8 Å². The maximum absolute atomic E-state index is 11.5. The SMILES string of the molecule is CN=C(NCc1ccc(S(C)(=O)=O)cc1)NCC1(CC(C)C)CCC1. The van der Waals surface area contributed by atoms with Gasteiger partial charge in [-0.25, -0.2) is 8.42 Å². The molecule has 5 nitrogen and oxygen atoms in total. The molecular weight excluding hydrogens is 334 g/mol. The molecule has 1 fully saturated rings. The zero-order valence-electron chi connectivity index (χ0n) is 15.8. The molecule has 0 radical (unpaired) electrons. The second kappa shape index (κ2) is 8.21. The van der Waals surface area contributed by atoms with E-state index in [9.17, 15) is 8.42 Å². The van der Waals surface area contributed by atoms with Gasteiger partial charge in [0.1, 0.15) is 0 Å². The molecule has 1 aliphatic rings. The minimum absolute atomic E-state index is 0.347. The van der Waals surface area contributed by atoms with Crippen LogP contribution in [0.4, 0.5) is 0 Å². The van der Waals surface area contributed by atoms with Gasteiger partial charge in [0.15, 0.2) is 15.8 Å². The van der Waals surface area contributed by atoms with Gasteiger partial charge in [0, 0.05) is 26.4 Å². The van der Waals surface area contributed by atoms with Crippen molar-refractivity contribution in [2.45, 2.75) is 51.0 Å². The first-order valence-electron chi connectivity index (χ1n) is 8.98. The van der Waals surface area contributed by atoms with Gasteiger partial charge in [0.05, 0.1) is 4.90 Å². The van der Waals surface area contributed by atoms with Crippen LogP contribution in [0.2, 0.25) is 0 Å². The van der Waals surface area contributed by atoms with Crippen molar-refractivity contribution in [1.29, 1.82) is 0 Å². The fourth-order valence-electron chi connectivity index (χ4n) is 3.53. The minimum Gasteiger partial charge on any atom is -0.356 e. The molecule has 0 amide bonds. The molecule has 25 heavy (non-hydrogen) atoms. The van der Waals surface area contributed by atoms with Crippen LogP contribution in [0.25, 0.3) is 0 Å². The molecule has 0 atom stereocenters. The lowest BCUT2D eigenvalue weighted by atomic mass is 9.64. The Morgan fingerprint density at radius 2 is 1.84 bits per heavy atom. The Labute approximate surface area is 152 Å². The lowest BCUT2D eigenvalue weighted by Gasteiger charge is -2.43. The van der Waals surface area contributed by atoms with Gasteiger partial charge in [-0.1, -0.05) is 32.4 Å². The molecule has 1 aliphatic carbocycles. The molecule has 1 saturated carbocycles. The van der Waals surface area contributed by atoms with Crippen molar-refractivity contribution in [2.24, 2.45) is 16.3 Å². The molecule has 1 aromatic rings. The van der Waals surface area contributed by atoms with Crippen LogP contribution >= 0.6 is 0 Å². The quantitative estimate of drug-likeness (QED) is 0.576. The topological polar surface area (TPSA) is 70.6 Å². The van der Waals surface area contributed by atoms with E-state index >= 15 is 0 Å². The van der Waals surface area contributed by atoms with Crippen LogP contribution in [0.1, 0.15) is 45.1 Å². The summed E-state index contributed by atoms with van der Waals surface area (Å²) >= 11 is 0. The largest absolute Gasteiger partial charge is 0.356 e. The summed E-state index contributed by atoms with van der Waals surface area (Å²) in [5.74, 6) is 1.51.